The Labute approximate surface area is 87.7 Å². The van der Waals surface area contributed by atoms with Crippen molar-refractivity contribution in [3.8, 4) is 0 Å². The van der Waals surface area contributed by atoms with E-state index in [2.05, 4.69) is 15.9 Å². The zero-order valence-corrected chi connectivity index (χ0v) is 9.63. The van der Waals surface area contributed by atoms with E-state index in [1.54, 1.807) is 13.2 Å². The molecule has 76 valence electrons. The summed E-state index contributed by atoms with van der Waals surface area (Å²) in [5, 5.41) is 0. The van der Waals surface area contributed by atoms with Crippen LogP contribution in [0.5, 0.6) is 0 Å². The van der Waals surface area contributed by atoms with Crippen LogP contribution < -0.4 is 5.73 Å². The Bertz CT molecular complexity index is 186. The van der Waals surface area contributed by atoms with Crippen LogP contribution in [0, 0.1) is 0 Å². The number of hydrogen-bond donors (Lipinski definition) is 1. The maximum atomic E-state index is 5.40. The first kappa shape index (κ1) is 12.5. The van der Waals surface area contributed by atoms with E-state index in [1.165, 1.54) is 0 Å². The number of hydrogen-bond acceptors (Lipinski definition) is 3. The maximum Gasteiger partial charge on any atom is 0.111 e. The SMILES string of the molecule is CC/C(=C\C=C(/N)Br)OCCOC. The van der Waals surface area contributed by atoms with Gasteiger partial charge in [-0.25, -0.2) is 0 Å². The van der Waals surface area contributed by atoms with E-state index in [4.69, 9.17) is 15.2 Å². The Kier molecular flexibility index (Phi) is 7.83. The summed E-state index contributed by atoms with van der Waals surface area (Å²) >= 11 is 3.13. The van der Waals surface area contributed by atoms with E-state index in [9.17, 15) is 0 Å². The fourth-order valence-corrected chi connectivity index (χ4v) is 0.829. The third-order valence-electron chi connectivity index (χ3n) is 1.35. The molecule has 0 aliphatic rings. The summed E-state index contributed by atoms with van der Waals surface area (Å²) in [5.74, 6) is 0.902. The molecule has 0 aromatic carbocycles. The summed E-state index contributed by atoms with van der Waals surface area (Å²) < 4.78 is 10.8. The van der Waals surface area contributed by atoms with Crippen molar-refractivity contribution in [1.82, 2.24) is 0 Å². The largest absolute Gasteiger partial charge is 0.496 e. The molecule has 0 aliphatic heterocycles. The minimum absolute atomic E-state index is 0.576. The molecule has 0 saturated heterocycles. The molecule has 0 spiro atoms. The molecular weight excluding hydrogens is 234 g/mol. The zero-order valence-electron chi connectivity index (χ0n) is 8.05. The van der Waals surface area contributed by atoms with Crippen molar-refractivity contribution in [3.63, 3.8) is 0 Å². The number of halogens is 1. The molecular formula is C9H16BrNO2. The molecule has 2 N–H and O–H groups in total. The summed E-state index contributed by atoms with van der Waals surface area (Å²) in [6.07, 6.45) is 4.45. The smallest absolute Gasteiger partial charge is 0.111 e. The summed E-state index contributed by atoms with van der Waals surface area (Å²) in [6, 6.07) is 0. The number of ether oxygens (including phenoxy) is 2. The van der Waals surface area contributed by atoms with Gasteiger partial charge in [0.15, 0.2) is 0 Å². The molecule has 0 fully saturated rings. The molecule has 13 heavy (non-hydrogen) atoms. The highest BCUT2D eigenvalue weighted by atomic mass is 79.9. The average molecular weight is 250 g/mol. The van der Waals surface area contributed by atoms with Crippen LogP contribution in [0.4, 0.5) is 0 Å². The highest BCUT2D eigenvalue weighted by molar-refractivity contribution is 9.11. The second kappa shape index (κ2) is 8.13. The summed E-state index contributed by atoms with van der Waals surface area (Å²) in [6.45, 7) is 3.20. The van der Waals surface area contributed by atoms with Gasteiger partial charge in [-0.2, -0.15) is 0 Å². The fraction of sp³-hybridized carbons (Fsp3) is 0.556. The Morgan fingerprint density at radius 2 is 2.08 bits per heavy atom. The molecule has 0 radical (unpaired) electrons. The monoisotopic (exact) mass is 249 g/mol. The van der Waals surface area contributed by atoms with Crippen molar-refractivity contribution >= 4 is 15.9 Å². The quantitative estimate of drug-likeness (QED) is 0.340. The van der Waals surface area contributed by atoms with Crippen molar-refractivity contribution < 1.29 is 9.47 Å². The van der Waals surface area contributed by atoms with E-state index >= 15 is 0 Å². The molecule has 0 unspecified atom stereocenters. The molecule has 0 saturated carbocycles. The van der Waals surface area contributed by atoms with E-state index in [0.717, 1.165) is 12.2 Å². The highest BCUT2D eigenvalue weighted by Gasteiger charge is 1.92. The van der Waals surface area contributed by atoms with Gasteiger partial charge in [-0.3, -0.25) is 0 Å². The summed E-state index contributed by atoms with van der Waals surface area (Å²) in [4.78, 5) is 0. The number of methoxy groups -OCH3 is 1. The molecule has 0 aliphatic carbocycles. The number of rotatable bonds is 6. The van der Waals surface area contributed by atoms with Crippen LogP contribution >= 0.6 is 15.9 Å². The Morgan fingerprint density at radius 3 is 2.54 bits per heavy atom. The molecule has 0 heterocycles. The third kappa shape index (κ3) is 7.87. The van der Waals surface area contributed by atoms with Gasteiger partial charge in [0, 0.05) is 13.5 Å². The van der Waals surface area contributed by atoms with Gasteiger partial charge in [0.1, 0.15) is 6.61 Å². The summed E-state index contributed by atoms with van der Waals surface area (Å²) in [5.41, 5.74) is 5.40. The van der Waals surface area contributed by atoms with Crippen LogP contribution in [0.2, 0.25) is 0 Å². The van der Waals surface area contributed by atoms with E-state index < -0.39 is 0 Å². The van der Waals surface area contributed by atoms with Gasteiger partial charge >= 0.3 is 0 Å². The molecule has 3 nitrogen and oxygen atoms in total. The molecule has 0 atom stereocenters. The number of allylic oxidation sites excluding steroid dienone is 3. The maximum absolute atomic E-state index is 5.40. The summed E-state index contributed by atoms with van der Waals surface area (Å²) in [7, 11) is 1.65. The molecule has 4 heteroatoms. The Balaban J connectivity index is 3.87. The minimum atomic E-state index is 0.576. The van der Waals surface area contributed by atoms with Crippen LogP contribution in [-0.2, 0) is 9.47 Å². The highest BCUT2D eigenvalue weighted by Crippen LogP contribution is 2.04. The van der Waals surface area contributed by atoms with Crippen molar-refractivity contribution in [3.05, 3.63) is 22.5 Å². The van der Waals surface area contributed by atoms with Crippen molar-refractivity contribution in [2.24, 2.45) is 5.73 Å². The van der Waals surface area contributed by atoms with Gasteiger partial charge in [0.05, 0.1) is 17.0 Å². The van der Waals surface area contributed by atoms with E-state index in [-0.39, 0.29) is 0 Å². The zero-order chi connectivity index (χ0) is 10.1. The topological polar surface area (TPSA) is 44.5 Å². The van der Waals surface area contributed by atoms with Gasteiger partial charge in [0.2, 0.25) is 0 Å². The third-order valence-corrected chi connectivity index (χ3v) is 1.62. The lowest BCUT2D eigenvalue weighted by molar-refractivity contribution is 0.107. The Morgan fingerprint density at radius 1 is 1.38 bits per heavy atom. The molecule has 0 aromatic heterocycles. The normalized spacial score (nSPS) is 13.2. The van der Waals surface area contributed by atoms with Gasteiger partial charge in [-0.1, -0.05) is 6.92 Å². The van der Waals surface area contributed by atoms with Crippen LogP contribution in [0.15, 0.2) is 22.5 Å². The first-order valence-electron chi connectivity index (χ1n) is 4.14. The van der Waals surface area contributed by atoms with Gasteiger partial charge in [-0.15, -0.1) is 0 Å². The van der Waals surface area contributed by atoms with Crippen LogP contribution in [0.3, 0.4) is 0 Å². The van der Waals surface area contributed by atoms with Crippen LogP contribution in [0.1, 0.15) is 13.3 Å². The van der Waals surface area contributed by atoms with Crippen LogP contribution in [-0.4, -0.2) is 20.3 Å². The lowest BCUT2D eigenvalue weighted by Gasteiger charge is -2.06. The van der Waals surface area contributed by atoms with E-state index in [0.29, 0.717) is 17.8 Å². The Hall–Kier alpha value is -0.480. The minimum Gasteiger partial charge on any atom is -0.496 e. The van der Waals surface area contributed by atoms with E-state index in [1.807, 2.05) is 13.0 Å². The van der Waals surface area contributed by atoms with Crippen molar-refractivity contribution in [2.75, 3.05) is 20.3 Å². The molecule has 0 rings (SSSR count). The van der Waals surface area contributed by atoms with Crippen molar-refractivity contribution in [2.45, 2.75) is 13.3 Å². The molecule has 0 bridgehead atoms. The van der Waals surface area contributed by atoms with Gasteiger partial charge < -0.3 is 15.2 Å². The second-order valence-corrected chi connectivity index (χ2v) is 3.30. The number of nitrogens with two attached hydrogens (primary N) is 1. The molecule has 0 aromatic rings. The average Bonchev–Trinajstić information content (AvgIpc) is 2.10. The first-order valence-corrected chi connectivity index (χ1v) is 4.93. The predicted molar refractivity (Wildman–Crippen MR) is 57.4 cm³/mol. The van der Waals surface area contributed by atoms with Crippen LogP contribution in [0.25, 0.3) is 0 Å². The lowest BCUT2D eigenvalue weighted by atomic mass is 10.3. The lowest BCUT2D eigenvalue weighted by Crippen LogP contribution is -2.01. The van der Waals surface area contributed by atoms with Crippen molar-refractivity contribution in [1.29, 1.82) is 0 Å². The fourth-order valence-electron chi connectivity index (χ4n) is 0.697. The van der Waals surface area contributed by atoms with Gasteiger partial charge in [-0.05, 0) is 28.1 Å². The first-order chi connectivity index (χ1) is 6.20. The second-order valence-electron chi connectivity index (χ2n) is 2.38. The standard InChI is InChI=1S/C9H16BrNO2/c1-3-8(4-5-9(10)11)13-7-6-12-2/h4-5H,3,6-7,11H2,1-2H3/b8-4+,9-5-. The molecule has 0 amide bonds. The predicted octanol–water partition coefficient (Wildman–Crippen LogP) is 2.14. The van der Waals surface area contributed by atoms with Gasteiger partial charge in [0.25, 0.3) is 0 Å².